The van der Waals surface area contributed by atoms with Crippen molar-refractivity contribution in [2.24, 2.45) is 19.2 Å². The molecule has 0 N–H and O–H groups in total. The number of hydrogen-bond donors (Lipinski definition) is 0. The highest BCUT2D eigenvalue weighted by atomic mass is 16.5. The Morgan fingerprint density at radius 2 is 2.00 bits per heavy atom. The average molecular weight is 467 g/mol. The number of nitrogens with zero attached hydrogens (tertiary/aromatic N) is 7. The van der Waals surface area contributed by atoms with E-state index in [1.165, 1.54) is 44.0 Å². The maximum absolute atomic E-state index is 12.4. The summed E-state index contributed by atoms with van der Waals surface area (Å²) in [5, 5.41) is 14.2. The van der Waals surface area contributed by atoms with E-state index in [-0.39, 0.29) is 30.5 Å². The summed E-state index contributed by atoms with van der Waals surface area (Å²) in [6.45, 7) is 1.23. The van der Waals surface area contributed by atoms with Gasteiger partial charge in [-0.25, -0.2) is 9.78 Å². The first-order valence-corrected chi connectivity index (χ1v) is 10.1. The van der Waals surface area contributed by atoms with Crippen LogP contribution in [0.25, 0.3) is 11.2 Å². The van der Waals surface area contributed by atoms with Crippen LogP contribution in [0.3, 0.4) is 0 Å². The van der Waals surface area contributed by atoms with Gasteiger partial charge in [0.05, 0.1) is 13.4 Å². The van der Waals surface area contributed by atoms with Crippen LogP contribution in [-0.2, 0) is 30.2 Å². The number of methoxy groups -OCH3 is 1. The van der Waals surface area contributed by atoms with Crippen LogP contribution in [0.1, 0.15) is 18.7 Å². The van der Waals surface area contributed by atoms with Gasteiger partial charge in [0, 0.05) is 26.6 Å². The predicted octanol–water partition coefficient (Wildman–Crippen LogP) is 0.236. The number of ether oxygens (including phenoxy) is 3. The molecular weight excluding hydrogens is 446 g/mol. The van der Waals surface area contributed by atoms with Gasteiger partial charge in [-0.1, -0.05) is 0 Å². The Kier molecular flexibility index (Phi) is 5.80. The van der Waals surface area contributed by atoms with E-state index in [4.69, 9.17) is 19.5 Å². The smallest absolute Gasteiger partial charge is 0.332 e. The summed E-state index contributed by atoms with van der Waals surface area (Å²) in [4.78, 5) is 41.2. The molecule has 0 spiro atoms. The molecule has 0 saturated carbocycles. The number of aromatic nitrogens is 4. The van der Waals surface area contributed by atoms with Crippen LogP contribution in [0.15, 0.2) is 39.2 Å². The van der Waals surface area contributed by atoms with Gasteiger partial charge in [0.15, 0.2) is 23.6 Å². The van der Waals surface area contributed by atoms with E-state index in [9.17, 15) is 14.4 Å². The van der Waals surface area contributed by atoms with Crippen molar-refractivity contribution < 1.29 is 19.0 Å². The first-order valence-electron chi connectivity index (χ1n) is 10.1. The molecular formula is C21H21N7O6. The number of benzene rings is 1. The van der Waals surface area contributed by atoms with Gasteiger partial charge in [-0.3, -0.25) is 18.7 Å². The fourth-order valence-electron chi connectivity index (χ4n) is 3.66. The number of carbonyl (C=O) groups excluding carboxylic acids is 1. The Morgan fingerprint density at radius 3 is 2.68 bits per heavy atom. The second kappa shape index (κ2) is 8.74. The number of imidazole rings is 1. The third-order valence-electron chi connectivity index (χ3n) is 5.29. The standard InChI is InChI=1S/C21H21N7O6/c1-12(29)28-20(13-5-6-14(33-8-7-22)15(9-13)32-4)34-16(24-28)10-27-11-23-17-18(27)25(2)21(31)26(3)19(17)30/h5-6,9,11,20H,8,10H2,1-4H3/t20-/m0/s1. The number of fused-ring (bicyclic) bond motifs is 1. The zero-order valence-corrected chi connectivity index (χ0v) is 18.9. The average Bonchev–Trinajstić information content (AvgIpc) is 3.45. The zero-order chi connectivity index (χ0) is 24.6. The molecule has 1 aliphatic heterocycles. The Morgan fingerprint density at radius 1 is 1.24 bits per heavy atom. The van der Waals surface area contributed by atoms with Crippen LogP contribution in [0.5, 0.6) is 11.5 Å². The Labute approximate surface area is 192 Å². The van der Waals surface area contributed by atoms with E-state index in [1.54, 1.807) is 22.8 Å². The first-order chi connectivity index (χ1) is 16.3. The van der Waals surface area contributed by atoms with Gasteiger partial charge in [-0.05, 0) is 18.2 Å². The summed E-state index contributed by atoms with van der Waals surface area (Å²) in [5.41, 5.74) is -0.0200. The fraction of sp³-hybridized carbons (Fsp3) is 0.333. The minimum atomic E-state index is -0.877. The van der Waals surface area contributed by atoms with Gasteiger partial charge in [-0.15, -0.1) is 5.10 Å². The van der Waals surface area contributed by atoms with Gasteiger partial charge < -0.3 is 18.8 Å². The first kappa shape index (κ1) is 22.6. The number of hydrazone groups is 1. The fourth-order valence-corrected chi connectivity index (χ4v) is 3.66. The van der Waals surface area contributed by atoms with Crippen molar-refractivity contribution in [3.63, 3.8) is 0 Å². The molecule has 0 saturated heterocycles. The summed E-state index contributed by atoms with van der Waals surface area (Å²) in [6, 6.07) is 6.81. The Balaban J connectivity index is 1.66. The normalized spacial score (nSPS) is 15.1. The maximum atomic E-state index is 12.4. The van der Waals surface area contributed by atoms with Crippen LogP contribution in [-0.4, -0.2) is 49.2 Å². The lowest BCUT2D eigenvalue weighted by molar-refractivity contribution is -0.135. The summed E-state index contributed by atoms with van der Waals surface area (Å²) >= 11 is 0. The molecule has 3 aromatic rings. The predicted molar refractivity (Wildman–Crippen MR) is 118 cm³/mol. The molecule has 176 valence electrons. The molecule has 1 atom stereocenters. The molecule has 1 aromatic carbocycles. The van der Waals surface area contributed by atoms with E-state index < -0.39 is 17.5 Å². The maximum Gasteiger partial charge on any atom is 0.332 e. The van der Waals surface area contributed by atoms with Gasteiger partial charge in [0.2, 0.25) is 18.0 Å². The highest BCUT2D eigenvalue weighted by molar-refractivity contribution is 5.83. The van der Waals surface area contributed by atoms with Crippen LogP contribution in [0, 0.1) is 11.3 Å². The van der Waals surface area contributed by atoms with E-state index in [0.29, 0.717) is 22.7 Å². The summed E-state index contributed by atoms with van der Waals surface area (Å²) < 4.78 is 20.5. The summed E-state index contributed by atoms with van der Waals surface area (Å²) in [7, 11) is 4.37. The van der Waals surface area contributed by atoms with E-state index in [0.717, 1.165) is 4.57 Å². The van der Waals surface area contributed by atoms with Crippen molar-refractivity contribution in [3.05, 3.63) is 50.9 Å². The molecule has 0 fully saturated rings. The number of aryl methyl sites for hydroxylation is 1. The number of amides is 1. The van der Waals surface area contributed by atoms with Crippen LogP contribution < -0.4 is 20.7 Å². The van der Waals surface area contributed by atoms with Crippen LogP contribution in [0.2, 0.25) is 0 Å². The largest absolute Gasteiger partial charge is 0.493 e. The molecule has 4 rings (SSSR count). The highest BCUT2D eigenvalue weighted by Gasteiger charge is 2.33. The molecule has 0 unspecified atom stereocenters. The third kappa shape index (κ3) is 3.75. The quantitative estimate of drug-likeness (QED) is 0.501. The van der Waals surface area contributed by atoms with E-state index in [2.05, 4.69) is 10.1 Å². The van der Waals surface area contributed by atoms with Crippen molar-refractivity contribution in [1.82, 2.24) is 23.7 Å². The van der Waals surface area contributed by atoms with Gasteiger partial charge in [0.1, 0.15) is 18.3 Å². The molecule has 1 amide bonds. The van der Waals surface area contributed by atoms with Crippen molar-refractivity contribution in [3.8, 4) is 17.6 Å². The molecule has 13 heteroatoms. The number of carbonyl (C=O) groups is 1. The third-order valence-corrected chi connectivity index (χ3v) is 5.29. The van der Waals surface area contributed by atoms with E-state index >= 15 is 0 Å². The minimum absolute atomic E-state index is 0.0255. The molecule has 2 aromatic heterocycles. The van der Waals surface area contributed by atoms with Gasteiger partial charge in [-0.2, -0.15) is 10.3 Å². The summed E-state index contributed by atoms with van der Waals surface area (Å²) in [5.74, 6) is 0.547. The minimum Gasteiger partial charge on any atom is -0.493 e. The van der Waals surface area contributed by atoms with Gasteiger partial charge in [0.25, 0.3) is 5.56 Å². The molecule has 1 aliphatic rings. The van der Waals surface area contributed by atoms with Crippen molar-refractivity contribution in [1.29, 1.82) is 5.26 Å². The Hall–Kier alpha value is -4.60. The Bertz CT molecular complexity index is 1480. The lowest BCUT2D eigenvalue weighted by atomic mass is 10.1. The molecule has 34 heavy (non-hydrogen) atoms. The monoisotopic (exact) mass is 467 g/mol. The second-order valence-electron chi connectivity index (χ2n) is 7.44. The lowest BCUT2D eigenvalue weighted by Crippen LogP contribution is -2.37. The molecule has 0 radical (unpaired) electrons. The SMILES string of the molecule is COc1cc([C@@H]2OC(Cn3cnc4c(=O)n(C)c(=O)n(C)c43)=NN2C(C)=O)ccc1OCC#N. The van der Waals surface area contributed by atoms with Crippen molar-refractivity contribution in [2.45, 2.75) is 19.7 Å². The molecule has 0 bridgehead atoms. The van der Waals surface area contributed by atoms with Crippen LogP contribution >= 0.6 is 0 Å². The second-order valence-corrected chi connectivity index (χ2v) is 7.44. The molecule has 13 nitrogen and oxygen atoms in total. The van der Waals surface area contributed by atoms with Gasteiger partial charge >= 0.3 is 5.69 Å². The number of hydrogen-bond acceptors (Lipinski definition) is 9. The lowest BCUT2D eigenvalue weighted by Gasteiger charge is -2.20. The number of nitriles is 1. The topological polar surface area (TPSA) is 146 Å². The number of rotatable bonds is 6. The highest BCUT2D eigenvalue weighted by Crippen LogP contribution is 2.35. The zero-order valence-electron chi connectivity index (χ0n) is 18.9. The van der Waals surface area contributed by atoms with Crippen molar-refractivity contribution >= 4 is 23.0 Å². The van der Waals surface area contributed by atoms with Crippen LogP contribution in [0.4, 0.5) is 0 Å². The summed E-state index contributed by atoms with van der Waals surface area (Å²) in [6.07, 6.45) is 0.533. The van der Waals surface area contributed by atoms with Crippen molar-refractivity contribution in [2.75, 3.05) is 13.7 Å². The molecule has 0 aliphatic carbocycles. The van der Waals surface area contributed by atoms with E-state index in [1.807, 2.05) is 6.07 Å². The molecule has 3 heterocycles.